The van der Waals surface area contributed by atoms with Gasteiger partial charge in [0.25, 0.3) is 0 Å². The SMILES string of the molecule is CC/C=C\CC1OC1C/C=C\C/C=C\C/C=C\C/C=C\CCC(=O)OC[C@H](COP(=O)(O)O)OC(=O)CCCCCCCCCCCCCCCCCC. The van der Waals surface area contributed by atoms with Crippen LogP contribution in [-0.4, -0.2) is 53.3 Å². The molecule has 0 radical (unpaired) electrons. The van der Waals surface area contributed by atoms with Gasteiger partial charge in [0.05, 0.1) is 18.8 Å². The minimum absolute atomic E-state index is 0.138. The third kappa shape index (κ3) is 34.2. The van der Waals surface area contributed by atoms with Crippen molar-refractivity contribution in [3.8, 4) is 0 Å². The fourth-order valence-electron chi connectivity index (χ4n) is 5.97. The number of ether oxygens (including phenoxy) is 3. The lowest BCUT2D eigenvalue weighted by molar-refractivity contribution is -0.161. The Labute approximate surface area is 328 Å². The van der Waals surface area contributed by atoms with Gasteiger partial charge in [0.15, 0.2) is 6.10 Å². The minimum atomic E-state index is -4.77. The summed E-state index contributed by atoms with van der Waals surface area (Å²) in [5.41, 5.74) is 0. The average Bonchev–Trinajstić information content (AvgIpc) is 3.90. The molecule has 0 aromatic heterocycles. The standard InChI is InChI=1S/C44H75O9P/c1-3-5-7-8-9-10-11-12-13-14-15-20-23-26-29-33-37-44(46)52-40(39-51-54(47,48)49)38-50-43(45)36-32-28-25-22-19-17-16-18-21-24-27-31-35-42-41(53-42)34-30-6-4-2/h6,17-19,21,25,27-28,30-31,40-42H,3-5,7-16,20,22-24,26,29,32-39H2,1-2H3,(H2,47,48,49)/b19-17-,21-18-,28-25-,30-6-,31-27-/t40-,41?,42?/m1/s1. The van der Waals surface area contributed by atoms with Gasteiger partial charge in [0, 0.05) is 12.8 Å². The number of rotatable bonds is 37. The highest BCUT2D eigenvalue weighted by atomic mass is 31.2. The van der Waals surface area contributed by atoms with Crippen molar-refractivity contribution in [1.82, 2.24) is 0 Å². The van der Waals surface area contributed by atoms with Gasteiger partial charge < -0.3 is 24.0 Å². The molecule has 0 aromatic carbocycles. The first-order valence-corrected chi connectivity index (χ1v) is 22.7. The molecule has 0 saturated carbocycles. The molecule has 2 unspecified atom stereocenters. The lowest BCUT2D eigenvalue weighted by Gasteiger charge is -2.18. The molecule has 1 fully saturated rings. The fraction of sp³-hybridized carbons (Fsp3) is 0.727. The molecule has 1 heterocycles. The highest BCUT2D eigenvalue weighted by Crippen LogP contribution is 2.36. The maximum Gasteiger partial charge on any atom is 0.469 e. The number of hydrogen-bond acceptors (Lipinski definition) is 7. The minimum Gasteiger partial charge on any atom is -0.462 e. The van der Waals surface area contributed by atoms with Gasteiger partial charge >= 0.3 is 19.8 Å². The predicted octanol–water partition coefficient (Wildman–Crippen LogP) is 11.9. The van der Waals surface area contributed by atoms with Crippen LogP contribution in [0.4, 0.5) is 0 Å². The van der Waals surface area contributed by atoms with Gasteiger partial charge in [-0.25, -0.2) is 4.57 Å². The van der Waals surface area contributed by atoms with Crippen LogP contribution < -0.4 is 0 Å². The molecule has 0 spiro atoms. The van der Waals surface area contributed by atoms with E-state index in [0.29, 0.717) is 25.0 Å². The van der Waals surface area contributed by atoms with Crippen LogP contribution in [0.3, 0.4) is 0 Å². The number of unbranched alkanes of at least 4 members (excludes halogenated alkanes) is 15. The van der Waals surface area contributed by atoms with Crippen LogP contribution in [0, 0.1) is 0 Å². The summed E-state index contributed by atoms with van der Waals surface area (Å²) in [7, 11) is -4.77. The van der Waals surface area contributed by atoms with Crippen molar-refractivity contribution in [2.24, 2.45) is 0 Å². The zero-order valence-corrected chi connectivity index (χ0v) is 34.7. The summed E-state index contributed by atoms with van der Waals surface area (Å²) in [5.74, 6) is -0.985. The molecule has 10 heteroatoms. The number of phosphoric ester groups is 1. The molecule has 0 aromatic rings. The van der Waals surface area contributed by atoms with Crippen molar-refractivity contribution in [3.63, 3.8) is 0 Å². The van der Waals surface area contributed by atoms with E-state index in [0.717, 1.165) is 57.8 Å². The van der Waals surface area contributed by atoms with Gasteiger partial charge in [-0.15, -0.1) is 0 Å². The number of phosphoric acid groups is 1. The van der Waals surface area contributed by atoms with E-state index in [2.05, 4.69) is 67.0 Å². The van der Waals surface area contributed by atoms with Gasteiger partial charge in [-0.3, -0.25) is 14.1 Å². The highest BCUT2D eigenvalue weighted by Gasteiger charge is 2.35. The first-order valence-electron chi connectivity index (χ1n) is 21.2. The average molecular weight is 779 g/mol. The number of carbonyl (C=O) groups excluding carboxylic acids is 2. The van der Waals surface area contributed by atoms with E-state index >= 15 is 0 Å². The van der Waals surface area contributed by atoms with Gasteiger partial charge in [-0.05, 0) is 51.4 Å². The predicted molar refractivity (Wildman–Crippen MR) is 220 cm³/mol. The lowest BCUT2D eigenvalue weighted by Crippen LogP contribution is -2.29. The van der Waals surface area contributed by atoms with Crippen LogP contribution in [0.2, 0.25) is 0 Å². The summed E-state index contributed by atoms with van der Waals surface area (Å²) in [5, 5.41) is 0. The largest absolute Gasteiger partial charge is 0.469 e. The molecular formula is C44H75O9P. The molecule has 9 nitrogen and oxygen atoms in total. The van der Waals surface area contributed by atoms with Crippen LogP contribution in [0.15, 0.2) is 60.8 Å². The summed E-state index contributed by atoms with van der Waals surface area (Å²) in [6.45, 7) is 3.51. The van der Waals surface area contributed by atoms with Crippen molar-refractivity contribution in [3.05, 3.63) is 60.8 Å². The van der Waals surface area contributed by atoms with Gasteiger partial charge in [0.1, 0.15) is 6.61 Å². The summed E-state index contributed by atoms with van der Waals surface area (Å²) in [6.07, 6.45) is 47.1. The van der Waals surface area contributed by atoms with Crippen molar-refractivity contribution in [2.45, 2.75) is 193 Å². The van der Waals surface area contributed by atoms with E-state index in [1.807, 2.05) is 12.2 Å². The van der Waals surface area contributed by atoms with Gasteiger partial charge in [-0.1, -0.05) is 171 Å². The summed E-state index contributed by atoms with van der Waals surface area (Å²) in [4.78, 5) is 42.8. The van der Waals surface area contributed by atoms with Crippen molar-refractivity contribution < 1.29 is 42.7 Å². The summed E-state index contributed by atoms with van der Waals surface area (Å²) >= 11 is 0. The molecule has 1 aliphatic heterocycles. The smallest absolute Gasteiger partial charge is 0.462 e. The van der Waals surface area contributed by atoms with Crippen LogP contribution in [-0.2, 0) is 32.9 Å². The van der Waals surface area contributed by atoms with E-state index in [4.69, 9.17) is 24.0 Å². The Kier molecular flexibility index (Phi) is 32.4. The molecule has 1 saturated heterocycles. The molecule has 2 N–H and O–H groups in total. The summed E-state index contributed by atoms with van der Waals surface area (Å²) < 4.78 is 32.0. The first kappa shape index (κ1) is 49.7. The van der Waals surface area contributed by atoms with Crippen molar-refractivity contribution in [1.29, 1.82) is 0 Å². The molecule has 310 valence electrons. The maximum atomic E-state index is 12.4. The van der Waals surface area contributed by atoms with Crippen LogP contribution >= 0.6 is 7.82 Å². The van der Waals surface area contributed by atoms with E-state index in [-0.39, 0.29) is 19.4 Å². The molecule has 3 atom stereocenters. The fourth-order valence-corrected chi connectivity index (χ4v) is 6.33. The van der Waals surface area contributed by atoms with Gasteiger partial charge in [-0.2, -0.15) is 0 Å². The van der Waals surface area contributed by atoms with Crippen molar-refractivity contribution >= 4 is 19.8 Å². The number of carbonyl (C=O) groups is 2. The Morgan fingerprint density at radius 2 is 1.06 bits per heavy atom. The second-order valence-electron chi connectivity index (χ2n) is 14.3. The molecule has 0 amide bonds. The number of epoxide rings is 1. The Balaban J connectivity index is 2.10. The number of hydrogen-bond donors (Lipinski definition) is 2. The van der Waals surface area contributed by atoms with E-state index in [9.17, 15) is 14.2 Å². The van der Waals surface area contributed by atoms with E-state index in [1.54, 1.807) is 0 Å². The van der Waals surface area contributed by atoms with Crippen molar-refractivity contribution in [2.75, 3.05) is 13.2 Å². The van der Waals surface area contributed by atoms with Gasteiger partial charge in [0.2, 0.25) is 0 Å². The Bertz CT molecular complexity index is 1120. The number of allylic oxidation sites excluding steroid dienone is 8. The monoisotopic (exact) mass is 779 g/mol. The van der Waals surface area contributed by atoms with Crippen LogP contribution in [0.25, 0.3) is 0 Å². The first-order chi connectivity index (χ1) is 26.2. The lowest BCUT2D eigenvalue weighted by atomic mass is 10.0. The quantitative estimate of drug-likeness (QED) is 0.0208. The molecule has 1 rings (SSSR count). The normalized spacial score (nSPS) is 16.8. The zero-order valence-electron chi connectivity index (χ0n) is 33.8. The van der Waals surface area contributed by atoms with E-state index < -0.39 is 32.5 Å². The molecular weight excluding hydrogens is 703 g/mol. The van der Waals surface area contributed by atoms with Crippen LogP contribution in [0.1, 0.15) is 174 Å². The number of esters is 2. The third-order valence-electron chi connectivity index (χ3n) is 9.22. The highest BCUT2D eigenvalue weighted by molar-refractivity contribution is 7.46. The molecule has 0 aliphatic carbocycles. The Morgan fingerprint density at radius 3 is 1.56 bits per heavy atom. The van der Waals surface area contributed by atoms with Crippen LogP contribution in [0.5, 0.6) is 0 Å². The topological polar surface area (TPSA) is 132 Å². The van der Waals surface area contributed by atoms with E-state index in [1.165, 1.54) is 77.0 Å². The zero-order chi connectivity index (χ0) is 39.4. The maximum absolute atomic E-state index is 12.4. The molecule has 0 bridgehead atoms. The second kappa shape index (κ2) is 35.1. The third-order valence-corrected chi connectivity index (χ3v) is 9.70. The molecule has 1 aliphatic rings. The Morgan fingerprint density at radius 1 is 0.593 bits per heavy atom. The Hall–Kier alpha value is -2.29. The summed E-state index contributed by atoms with van der Waals surface area (Å²) in [6, 6.07) is 0. The second-order valence-corrected chi connectivity index (χ2v) is 15.6. The molecule has 54 heavy (non-hydrogen) atoms.